The van der Waals surface area contributed by atoms with Gasteiger partial charge in [0.2, 0.25) is 10.0 Å². The summed E-state index contributed by atoms with van der Waals surface area (Å²) in [5.74, 6) is 0.0965. The number of hydrogen-bond acceptors (Lipinski definition) is 4. The van der Waals surface area contributed by atoms with E-state index < -0.39 is 10.0 Å². The van der Waals surface area contributed by atoms with Gasteiger partial charge in [0.25, 0.3) is 0 Å². The van der Waals surface area contributed by atoms with Gasteiger partial charge in [-0.25, -0.2) is 8.42 Å². The van der Waals surface area contributed by atoms with Gasteiger partial charge in [-0.15, -0.1) is 0 Å². The van der Waals surface area contributed by atoms with Crippen LogP contribution in [0.25, 0.3) is 11.1 Å². The topological polar surface area (TPSA) is 60.9 Å². The first-order chi connectivity index (χ1) is 16.9. The van der Waals surface area contributed by atoms with Crippen LogP contribution in [-0.2, 0) is 10.0 Å². The number of aliphatic hydroxyl groups is 1. The molecule has 184 valence electrons. The predicted octanol–water partition coefficient (Wildman–Crippen LogP) is 4.58. The lowest BCUT2D eigenvalue weighted by Crippen LogP contribution is -2.67. The van der Waals surface area contributed by atoms with E-state index in [9.17, 15) is 13.5 Å². The molecule has 2 fully saturated rings. The van der Waals surface area contributed by atoms with Crippen LogP contribution in [0.4, 0.5) is 0 Å². The maximum Gasteiger partial charge on any atom is 0.243 e. The standard InChI is InChI=1S/C29H34N2O3S/c1-21-8-7-10-25(18-21)23-12-14-24(15-13-23)29-26-19-30(16-5-6-17-31(26)27(29)20-32)35(33,34)28-11-4-3-9-22(28)2/h3-4,7-15,18,26-27,29,32H,5-6,16-17,19-20H2,1-2H3/t26-,27+,29+/m0/s1. The van der Waals surface area contributed by atoms with Gasteiger partial charge in [0.1, 0.15) is 0 Å². The van der Waals surface area contributed by atoms with Crippen LogP contribution in [0.5, 0.6) is 0 Å². The van der Waals surface area contributed by atoms with Crippen molar-refractivity contribution in [1.29, 1.82) is 0 Å². The van der Waals surface area contributed by atoms with Gasteiger partial charge in [-0.2, -0.15) is 4.31 Å². The van der Waals surface area contributed by atoms with Gasteiger partial charge >= 0.3 is 0 Å². The normalized spacial score (nSPS) is 23.7. The molecule has 6 heteroatoms. The molecule has 0 spiro atoms. The van der Waals surface area contributed by atoms with Crippen LogP contribution in [0.1, 0.15) is 35.4 Å². The summed E-state index contributed by atoms with van der Waals surface area (Å²) in [5, 5.41) is 10.2. The lowest BCUT2D eigenvalue weighted by Gasteiger charge is -2.57. The molecule has 0 amide bonds. The minimum absolute atomic E-state index is 0.0194. The van der Waals surface area contributed by atoms with Gasteiger partial charge in [0.15, 0.2) is 0 Å². The van der Waals surface area contributed by atoms with E-state index in [1.54, 1.807) is 16.4 Å². The number of benzene rings is 3. The smallest absolute Gasteiger partial charge is 0.243 e. The van der Waals surface area contributed by atoms with Crippen molar-refractivity contribution >= 4 is 10.0 Å². The zero-order valence-electron chi connectivity index (χ0n) is 20.5. The zero-order valence-corrected chi connectivity index (χ0v) is 21.3. The predicted molar refractivity (Wildman–Crippen MR) is 140 cm³/mol. The van der Waals surface area contributed by atoms with E-state index >= 15 is 0 Å². The fourth-order valence-corrected chi connectivity index (χ4v) is 7.56. The number of fused-ring (bicyclic) bond motifs is 1. The van der Waals surface area contributed by atoms with Crippen molar-refractivity contribution in [2.24, 2.45) is 0 Å². The Morgan fingerprint density at radius 3 is 2.34 bits per heavy atom. The van der Waals surface area contributed by atoms with E-state index in [1.165, 1.54) is 11.1 Å². The SMILES string of the molecule is Cc1cccc(-c2ccc([C@H]3[C@@H](CO)N4CCCCN(S(=O)(=O)c5ccccc5C)C[C@@H]34)cc2)c1. The maximum atomic E-state index is 13.6. The fraction of sp³-hybridized carbons (Fsp3) is 0.379. The van der Waals surface area contributed by atoms with Crippen LogP contribution in [0.2, 0.25) is 0 Å². The highest BCUT2D eigenvalue weighted by Crippen LogP contribution is 2.43. The molecular formula is C29H34N2O3S. The third-order valence-electron chi connectivity index (χ3n) is 7.69. The number of rotatable bonds is 5. The molecule has 2 aliphatic rings. The molecule has 35 heavy (non-hydrogen) atoms. The van der Waals surface area contributed by atoms with E-state index in [0.717, 1.165) is 36.1 Å². The van der Waals surface area contributed by atoms with Crippen LogP contribution in [-0.4, -0.2) is 61.1 Å². The third-order valence-corrected chi connectivity index (χ3v) is 9.72. The van der Waals surface area contributed by atoms with Crippen LogP contribution in [0, 0.1) is 13.8 Å². The number of nitrogens with zero attached hydrogens (tertiary/aromatic N) is 2. The van der Waals surface area contributed by atoms with Crippen molar-refractivity contribution in [3.05, 3.63) is 89.5 Å². The molecule has 2 aliphatic heterocycles. The van der Waals surface area contributed by atoms with Crippen molar-refractivity contribution in [3.8, 4) is 11.1 Å². The van der Waals surface area contributed by atoms with Crippen LogP contribution in [0.15, 0.2) is 77.7 Å². The Bertz CT molecular complexity index is 1290. The van der Waals surface area contributed by atoms with Crippen molar-refractivity contribution < 1.29 is 13.5 Å². The Labute approximate surface area is 209 Å². The minimum Gasteiger partial charge on any atom is -0.395 e. The Morgan fingerprint density at radius 1 is 0.886 bits per heavy atom. The highest BCUT2D eigenvalue weighted by atomic mass is 32.2. The number of sulfonamides is 1. The van der Waals surface area contributed by atoms with Crippen LogP contribution in [0.3, 0.4) is 0 Å². The molecule has 3 aromatic carbocycles. The lowest BCUT2D eigenvalue weighted by molar-refractivity contribution is -0.0553. The average Bonchev–Trinajstić information content (AvgIpc) is 2.83. The van der Waals surface area contributed by atoms with Gasteiger partial charge in [0.05, 0.1) is 11.5 Å². The maximum absolute atomic E-state index is 13.6. The molecule has 2 saturated heterocycles. The summed E-state index contributed by atoms with van der Waals surface area (Å²) in [6.07, 6.45) is 1.74. The van der Waals surface area contributed by atoms with Crippen molar-refractivity contribution in [2.45, 2.75) is 49.6 Å². The summed E-state index contributed by atoms with van der Waals surface area (Å²) < 4.78 is 28.9. The molecule has 0 saturated carbocycles. The molecule has 0 bridgehead atoms. The molecular weight excluding hydrogens is 456 g/mol. The van der Waals surface area contributed by atoms with Crippen molar-refractivity contribution in [1.82, 2.24) is 9.21 Å². The fourth-order valence-electron chi connectivity index (χ4n) is 5.83. The monoisotopic (exact) mass is 490 g/mol. The van der Waals surface area contributed by atoms with Gasteiger partial charge in [-0.1, -0.05) is 72.3 Å². The highest BCUT2D eigenvalue weighted by Gasteiger charge is 2.50. The molecule has 0 aliphatic carbocycles. The molecule has 0 aromatic heterocycles. The number of aryl methyl sites for hydroxylation is 2. The first kappa shape index (κ1) is 24.2. The van der Waals surface area contributed by atoms with Crippen molar-refractivity contribution in [3.63, 3.8) is 0 Å². The van der Waals surface area contributed by atoms with Crippen molar-refractivity contribution in [2.75, 3.05) is 26.2 Å². The Kier molecular flexibility index (Phi) is 6.82. The second-order valence-corrected chi connectivity index (χ2v) is 11.8. The molecule has 3 aromatic rings. The summed E-state index contributed by atoms with van der Waals surface area (Å²) in [6, 6.07) is 24.4. The Balaban J connectivity index is 1.43. The first-order valence-electron chi connectivity index (χ1n) is 12.5. The second-order valence-electron chi connectivity index (χ2n) is 9.91. The highest BCUT2D eigenvalue weighted by molar-refractivity contribution is 7.89. The summed E-state index contributed by atoms with van der Waals surface area (Å²) in [5.41, 5.74) is 5.51. The molecule has 5 rings (SSSR count). The molecule has 0 unspecified atom stereocenters. The summed E-state index contributed by atoms with van der Waals surface area (Å²) in [6.45, 7) is 5.89. The third kappa shape index (κ3) is 4.56. The summed E-state index contributed by atoms with van der Waals surface area (Å²) in [4.78, 5) is 2.71. The van der Waals surface area contributed by atoms with E-state index in [2.05, 4.69) is 60.4 Å². The van der Waals surface area contributed by atoms with E-state index in [-0.39, 0.29) is 24.6 Å². The lowest BCUT2D eigenvalue weighted by atomic mass is 9.74. The number of hydrogen-bond donors (Lipinski definition) is 1. The second kappa shape index (κ2) is 9.86. The van der Waals surface area contributed by atoms with E-state index in [4.69, 9.17) is 0 Å². The van der Waals surface area contributed by atoms with E-state index in [0.29, 0.717) is 18.0 Å². The summed E-state index contributed by atoms with van der Waals surface area (Å²) >= 11 is 0. The Hall–Kier alpha value is -2.51. The van der Waals surface area contributed by atoms with E-state index in [1.807, 2.05) is 19.1 Å². The van der Waals surface area contributed by atoms with Crippen LogP contribution >= 0.6 is 0 Å². The molecule has 0 radical (unpaired) electrons. The largest absolute Gasteiger partial charge is 0.395 e. The number of aliphatic hydroxyl groups excluding tert-OH is 1. The summed E-state index contributed by atoms with van der Waals surface area (Å²) in [7, 11) is -3.59. The van der Waals surface area contributed by atoms with Gasteiger partial charge in [0, 0.05) is 31.1 Å². The average molecular weight is 491 g/mol. The van der Waals surface area contributed by atoms with Gasteiger partial charge in [-0.05, 0) is 61.6 Å². The molecule has 5 nitrogen and oxygen atoms in total. The van der Waals surface area contributed by atoms with Gasteiger partial charge in [-0.3, -0.25) is 4.90 Å². The minimum atomic E-state index is -3.59. The molecule has 3 atom stereocenters. The van der Waals surface area contributed by atoms with Gasteiger partial charge < -0.3 is 5.11 Å². The molecule has 1 N–H and O–H groups in total. The Morgan fingerprint density at radius 2 is 1.63 bits per heavy atom. The molecule has 2 heterocycles. The first-order valence-corrected chi connectivity index (χ1v) is 13.9. The quantitative estimate of drug-likeness (QED) is 0.569. The zero-order chi connectivity index (χ0) is 24.6. The van der Waals surface area contributed by atoms with Crippen LogP contribution < -0.4 is 0 Å².